The van der Waals surface area contributed by atoms with E-state index in [4.69, 9.17) is 11.6 Å². The van der Waals surface area contributed by atoms with Gasteiger partial charge in [-0.3, -0.25) is 4.79 Å². The molecule has 0 unspecified atom stereocenters. The van der Waals surface area contributed by atoms with Crippen molar-refractivity contribution in [1.82, 2.24) is 0 Å². The van der Waals surface area contributed by atoms with Crippen LogP contribution in [0.5, 0.6) is 0 Å². The van der Waals surface area contributed by atoms with Crippen molar-refractivity contribution in [3.8, 4) is 0 Å². The second kappa shape index (κ2) is 7.90. The Morgan fingerprint density at radius 3 is 2.40 bits per heavy atom. The summed E-state index contributed by atoms with van der Waals surface area (Å²) >= 11 is 9.65. The number of nitrogens with one attached hydrogen (secondary N) is 1. The first kappa shape index (κ1) is 15.7. The number of anilines is 1. The van der Waals surface area contributed by atoms with Crippen molar-refractivity contribution in [2.24, 2.45) is 0 Å². The maximum atomic E-state index is 11.8. The average molecular weight is 418 g/mol. The van der Waals surface area contributed by atoms with E-state index in [0.29, 0.717) is 5.75 Å². The quantitative estimate of drug-likeness (QED) is 0.707. The third-order valence-electron chi connectivity index (χ3n) is 2.54. The van der Waals surface area contributed by atoms with Crippen LogP contribution in [0.3, 0.4) is 0 Å². The highest BCUT2D eigenvalue weighted by Gasteiger charge is 2.03. The molecule has 0 fully saturated rings. The lowest BCUT2D eigenvalue weighted by Gasteiger charge is -2.05. The highest BCUT2D eigenvalue weighted by Crippen LogP contribution is 2.16. The molecule has 0 aliphatic rings. The van der Waals surface area contributed by atoms with Gasteiger partial charge in [-0.1, -0.05) is 23.7 Å². The molecule has 0 radical (unpaired) electrons. The van der Waals surface area contributed by atoms with Crippen LogP contribution in [-0.2, 0) is 10.5 Å². The average Bonchev–Trinajstić information content (AvgIpc) is 2.44. The molecule has 0 bridgehead atoms. The van der Waals surface area contributed by atoms with Gasteiger partial charge < -0.3 is 5.32 Å². The standard InChI is InChI=1S/C15H13ClINOS/c16-12-3-1-11(2-4-12)9-20-10-15(19)18-14-7-5-13(17)6-8-14/h1-8H,9-10H2,(H,18,19). The molecule has 2 aromatic carbocycles. The number of benzene rings is 2. The summed E-state index contributed by atoms with van der Waals surface area (Å²) in [5.74, 6) is 1.26. The number of carbonyl (C=O) groups excluding carboxylic acids is 1. The maximum Gasteiger partial charge on any atom is 0.234 e. The Bertz CT molecular complexity index is 571. The molecule has 0 spiro atoms. The van der Waals surface area contributed by atoms with E-state index in [1.807, 2.05) is 48.5 Å². The third kappa shape index (κ3) is 5.34. The molecule has 2 nitrogen and oxygen atoms in total. The Hall–Kier alpha value is -0.720. The van der Waals surface area contributed by atoms with Gasteiger partial charge in [0, 0.05) is 20.0 Å². The normalized spacial score (nSPS) is 10.3. The maximum absolute atomic E-state index is 11.8. The zero-order valence-corrected chi connectivity index (χ0v) is 14.3. The molecular weight excluding hydrogens is 405 g/mol. The molecule has 104 valence electrons. The molecule has 0 saturated heterocycles. The van der Waals surface area contributed by atoms with Crippen molar-refractivity contribution in [2.45, 2.75) is 5.75 Å². The summed E-state index contributed by atoms with van der Waals surface area (Å²) in [5.41, 5.74) is 2.00. The minimum atomic E-state index is 0.0187. The van der Waals surface area contributed by atoms with Crippen molar-refractivity contribution >= 4 is 57.5 Å². The van der Waals surface area contributed by atoms with Gasteiger partial charge in [-0.25, -0.2) is 0 Å². The predicted molar refractivity (Wildman–Crippen MR) is 95.4 cm³/mol. The number of carbonyl (C=O) groups is 1. The van der Waals surface area contributed by atoms with E-state index in [1.165, 1.54) is 5.56 Å². The molecule has 20 heavy (non-hydrogen) atoms. The molecule has 1 amide bonds. The van der Waals surface area contributed by atoms with Crippen molar-refractivity contribution in [1.29, 1.82) is 0 Å². The van der Waals surface area contributed by atoms with Gasteiger partial charge in [0.1, 0.15) is 0 Å². The topological polar surface area (TPSA) is 29.1 Å². The Kier molecular flexibility index (Phi) is 6.19. The highest BCUT2D eigenvalue weighted by molar-refractivity contribution is 14.1. The van der Waals surface area contributed by atoms with Crippen LogP contribution in [0.2, 0.25) is 5.02 Å². The van der Waals surface area contributed by atoms with E-state index < -0.39 is 0 Å². The van der Waals surface area contributed by atoms with E-state index in [9.17, 15) is 4.79 Å². The number of halogens is 2. The van der Waals surface area contributed by atoms with Crippen molar-refractivity contribution in [3.63, 3.8) is 0 Å². The summed E-state index contributed by atoms with van der Waals surface area (Å²) in [5, 5.41) is 3.61. The zero-order chi connectivity index (χ0) is 14.4. The lowest BCUT2D eigenvalue weighted by molar-refractivity contribution is -0.113. The molecule has 0 aromatic heterocycles. The molecule has 2 rings (SSSR count). The number of hydrogen-bond donors (Lipinski definition) is 1. The predicted octanol–water partition coefficient (Wildman–Crippen LogP) is 4.82. The van der Waals surface area contributed by atoms with Crippen LogP contribution in [0.4, 0.5) is 5.69 Å². The van der Waals surface area contributed by atoms with E-state index in [0.717, 1.165) is 20.0 Å². The minimum absolute atomic E-state index is 0.0187. The second-order valence-electron chi connectivity index (χ2n) is 4.17. The van der Waals surface area contributed by atoms with Crippen molar-refractivity contribution in [2.75, 3.05) is 11.1 Å². The minimum Gasteiger partial charge on any atom is -0.325 e. The van der Waals surface area contributed by atoms with Crippen LogP contribution in [0, 0.1) is 3.57 Å². The molecular formula is C15H13ClINOS. The van der Waals surface area contributed by atoms with E-state index >= 15 is 0 Å². The zero-order valence-electron chi connectivity index (χ0n) is 10.6. The third-order valence-corrected chi connectivity index (χ3v) is 4.52. The Labute approximate surface area is 141 Å². The van der Waals surface area contributed by atoms with Crippen LogP contribution in [0.15, 0.2) is 48.5 Å². The molecule has 0 saturated carbocycles. The van der Waals surface area contributed by atoms with Gasteiger partial charge in [0.05, 0.1) is 5.75 Å². The van der Waals surface area contributed by atoms with E-state index in [1.54, 1.807) is 11.8 Å². The highest BCUT2D eigenvalue weighted by atomic mass is 127. The summed E-state index contributed by atoms with van der Waals surface area (Å²) in [7, 11) is 0. The van der Waals surface area contributed by atoms with Gasteiger partial charge in [-0.15, -0.1) is 11.8 Å². The summed E-state index contributed by atoms with van der Waals surface area (Å²) in [6.45, 7) is 0. The fourth-order valence-electron chi connectivity index (χ4n) is 1.57. The summed E-state index contributed by atoms with van der Waals surface area (Å²) in [6, 6.07) is 15.4. The number of hydrogen-bond acceptors (Lipinski definition) is 2. The van der Waals surface area contributed by atoms with Gasteiger partial charge in [0.25, 0.3) is 0 Å². The van der Waals surface area contributed by atoms with Crippen LogP contribution < -0.4 is 5.32 Å². The van der Waals surface area contributed by atoms with Crippen LogP contribution in [0.25, 0.3) is 0 Å². The lowest BCUT2D eigenvalue weighted by Crippen LogP contribution is -2.14. The van der Waals surface area contributed by atoms with E-state index in [-0.39, 0.29) is 5.91 Å². The Balaban J connectivity index is 1.75. The second-order valence-corrected chi connectivity index (χ2v) is 6.84. The largest absolute Gasteiger partial charge is 0.325 e. The fourth-order valence-corrected chi connectivity index (χ4v) is 2.85. The number of rotatable bonds is 5. The van der Waals surface area contributed by atoms with Gasteiger partial charge in [-0.05, 0) is 64.6 Å². The number of thioether (sulfide) groups is 1. The van der Waals surface area contributed by atoms with Crippen molar-refractivity contribution in [3.05, 3.63) is 62.7 Å². The van der Waals surface area contributed by atoms with Gasteiger partial charge in [0.2, 0.25) is 5.91 Å². The smallest absolute Gasteiger partial charge is 0.234 e. The first-order valence-corrected chi connectivity index (χ1v) is 8.62. The fraction of sp³-hybridized carbons (Fsp3) is 0.133. The first-order chi connectivity index (χ1) is 9.63. The molecule has 0 heterocycles. The van der Waals surface area contributed by atoms with Crippen LogP contribution in [0.1, 0.15) is 5.56 Å². The van der Waals surface area contributed by atoms with Gasteiger partial charge in [0.15, 0.2) is 0 Å². The Morgan fingerprint density at radius 1 is 1.10 bits per heavy atom. The van der Waals surface area contributed by atoms with Gasteiger partial charge in [-0.2, -0.15) is 0 Å². The summed E-state index contributed by atoms with van der Waals surface area (Å²) < 4.78 is 1.15. The van der Waals surface area contributed by atoms with Gasteiger partial charge >= 0.3 is 0 Å². The number of amides is 1. The molecule has 5 heteroatoms. The monoisotopic (exact) mass is 417 g/mol. The first-order valence-electron chi connectivity index (χ1n) is 6.01. The molecule has 0 aliphatic carbocycles. The van der Waals surface area contributed by atoms with E-state index in [2.05, 4.69) is 27.9 Å². The summed E-state index contributed by atoms with van der Waals surface area (Å²) in [4.78, 5) is 11.8. The SMILES string of the molecule is O=C(CSCc1ccc(Cl)cc1)Nc1ccc(I)cc1. The van der Waals surface area contributed by atoms with Crippen LogP contribution >= 0.6 is 46.0 Å². The Morgan fingerprint density at radius 2 is 1.75 bits per heavy atom. The van der Waals surface area contributed by atoms with Crippen LogP contribution in [-0.4, -0.2) is 11.7 Å². The molecule has 2 aromatic rings. The summed E-state index contributed by atoms with van der Waals surface area (Å²) in [6.07, 6.45) is 0. The molecule has 0 atom stereocenters. The van der Waals surface area contributed by atoms with Crippen molar-refractivity contribution < 1.29 is 4.79 Å². The molecule has 0 aliphatic heterocycles. The molecule has 1 N–H and O–H groups in total. The lowest BCUT2D eigenvalue weighted by atomic mass is 10.2.